The number of nitrogens with zero attached hydrogens (tertiary/aromatic N) is 2. The zero-order chi connectivity index (χ0) is 13.0. The third-order valence-corrected chi connectivity index (χ3v) is 2.74. The van der Waals surface area contributed by atoms with E-state index in [0.717, 1.165) is 22.8 Å². The maximum Gasteiger partial charge on any atom is 0.127 e. The summed E-state index contributed by atoms with van der Waals surface area (Å²) < 4.78 is 12.5. The quantitative estimate of drug-likeness (QED) is 0.867. The predicted molar refractivity (Wildman–Crippen MR) is 68.8 cm³/mol. The summed E-state index contributed by atoms with van der Waals surface area (Å²) in [5.41, 5.74) is 7.48. The molecule has 0 radical (unpaired) electrons. The number of hydrogen-bond acceptors (Lipinski definition) is 4. The second-order valence-corrected chi connectivity index (χ2v) is 3.92. The monoisotopic (exact) mass is 247 g/mol. The number of benzene rings is 1. The summed E-state index contributed by atoms with van der Waals surface area (Å²) >= 11 is 0. The van der Waals surface area contributed by atoms with E-state index in [0.29, 0.717) is 13.1 Å². The predicted octanol–water partition coefficient (Wildman–Crippen LogP) is 1.41. The molecule has 0 amide bonds. The van der Waals surface area contributed by atoms with Gasteiger partial charge in [0.15, 0.2) is 0 Å². The summed E-state index contributed by atoms with van der Waals surface area (Å²) in [6.07, 6.45) is 3.70. The zero-order valence-corrected chi connectivity index (χ0v) is 10.6. The van der Waals surface area contributed by atoms with Crippen LogP contribution in [0.25, 0.3) is 0 Å². The van der Waals surface area contributed by atoms with Crippen molar-refractivity contribution in [1.82, 2.24) is 9.55 Å². The average molecular weight is 247 g/mol. The van der Waals surface area contributed by atoms with E-state index >= 15 is 0 Å². The van der Waals surface area contributed by atoms with Crippen molar-refractivity contribution < 1.29 is 9.47 Å². The van der Waals surface area contributed by atoms with Crippen LogP contribution < -0.4 is 15.2 Å². The first kappa shape index (κ1) is 12.4. The van der Waals surface area contributed by atoms with Crippen LogP contribution in [0.15, 0.2) is 30.7 Å². The number of imidazole rings is 1. The Labute approximate surface area is 106 Å². The Morgan fingerprint density at radius 1 is 1.28 bits per heavy atom. The zero-order valence-electron chi connectivity index (χ0n) is 10.6. The molecule has 0 unspecified atom stereocenters. The van der Waals surface area contributed by atoms with Crippen molar-refractivity contribution in [3.05, 3.63) is 42.0 Å². The van der Waals surface area contributed by atoms with Gasteiger partial charge in [-0.05, 0) is 12.1 Å². The summed E-state index contributed by atoms with van der Waals surface area (Å²) in [6, 6.07) is 5.77. The fourth-order valence-corrected chi connectivity index (χ4v) is 1.78. The maximum atomic E-state index is 5.53. The Kier molecular flexibility index (Phi) is 3.84. The third-order valence-electron chi connectivity index (χ3n) is 2.74. The molecule has 96 valence electrons. The van der Waals surface area contributed by atoms with E-state index in [1.165, 1.54) is 0 Å². The Hall–Kier alpha value is -2.01. The summed E-state index contributed by atoms with van der Waals surface area (Å²) in [6.45, 7) is 1.15. The standard InChI is InChI=1S/C13H17N3O2/c1-17-12-4-3-10(13(5-12)18-2)7-16-8-11(6-14)15-9-16/h3-5,8-9H,6-7,14H2,1-2H3. The van der Waals surface area contributed by atoms with Crippen molar-refractivity contribution >= 4 is 0 Å². The molecular formula is C13H17N3O2. The van der Waals surface area contributed by atoms with E-state index in [-0.39, 0.29) is 0 Å². The highest BCUT2D eigenvalue weighted by Gasteiger charge is 2.06. The highest BCUT2D eigenvalue weighted by Crippen LogP contribution is 2.25. The molecule has 5 nitrogen and oxygen atoms in total. The molecule has 0 atom stereocenters. The molecule has 0 aliphatic carbocycles. The molecule has 0 aliphatic heterocycles. The second kappa shape index (κ2) is 5.55. The first-order valence-electron chi connectivity index (χ1n) is 5.68. The lowest BCUT2D eigenvalue weighted by atomic mass is 10.2. The van der Waals surface area contributed by atoms with Gasteiger partial charge in [0.05, 0.1) is 32.8 Å². The smallest absolute Gasteiger partial charge is 0.127 e. The van der Waals surface area contributed by atoms with E-state index in [4.69, 9.17) is 15.2 Å². The highest BCUT2D eigenvalue weighted by atomic mass is 16.5. The van der Waals surface area contributed by atoms with Gasteiger partial charge < -0.3 is 19.8 Å². The van der Waals surface area contributed by atoms with Gasteiger partial charge in [-0.25, -0.2) is 4.98 Å². The van der Waals surface area contributed by atoms with E-state index in [1.807, 2.05) is 29.0 Å². The topological polar surface area (TPSA) is 62.3 Å². The molecule has 1 aromatic heterocycles. The Morgan fingerprint density at radius 3 is 2.72 bits per heavy atom. The van der Waals surface area contributed by atoms with Crippen molar-refractivity contribution in [2.75, 3.05) is 14.2 Å². The molecule has 1 heterocycles. The molecule has 0 bridgehead atoms. The van der Waals surface area contributed by atoms with Gasteiger partial charge in [0.2, 0.25) is 0 Å². The molecular weight excluding hydrogens is 230 g/mol. The molecule has 0 fully saturated rings. The largest absolute Gasteiger partial charge is 0.497 e. The summed E-state index contributed by atoms with van der Waals surface area (Å²) in [4.78, 5) is 4.19. The van der Waals surface area contributed by atoms with Gasteiger partial charge in [0, 0.05) is 24.4 Å². The molecule has 2 N–H and O–H groups in total. The van der Waals surface area contributed by atoms with E-state index < -0.39 is 0 Å². The number of nitrogens with two attached hydrogens (primary N) is 1. The first-order chi connectivity index (χ1) is 8.76. The van der Waals surface area contributed by atoms with Crippen LogP contribution in [-0.2, 0) is 13.1 Å². The molecule has 0 saturated carbocycles. The van der Waals surface area contributed by atoms with E-state index in [9.17, 15) is 0 Å². The van der Waals surface area contributed by atoms with Crippen molar-refractivity contribution in [2.24, 2.45) is 5.73 Å². The summed E-state index contributed by atoms with van der Waals surface area (Å²) in [7, 11) is 3.29. The molecule has 1 aromatic carbocycles. The number of rotatable bonds is 5. The third kappa shape index (κ3) is 2.62. The van der Waals surface area contributed by atoms with Crippen LogP contribution in [0.4, 0.5) is 0 Å². The van der Waals surface area contributed by atoms with Gasteiger partial charge in [0.25, 0.3) is 0 Å². The molecule has 5 heteroatoms. The van der Waals surface area contributed by atoms with Crippen LogP contribution in [-0.4, -0.2) is 23.8 Å². The van der Waals surface area contributed by atoms with Gasteiger partial charge in [-0.15, -0.1) is 0 Å². The number of ether oxygens (including phenoxy) is 2. The van der Waals surface area contributed by atoms with Crippen molar-refractivity contribution in [2.45, 2.75) is 13.1 Å². The first-order valence-corrected chi connectivity index (χ1v) is 5.68. The summed E-state index contributed by atoms with van der Waals surface area (Å²) in [5, 5.41) is 0. The second-order valence-electron chi connectivity index (χ2n) is 3.92. The van der Waals surface area contributed by atoms with Gasteiger partial charge in [-0.3, -0.25) is 0 Å². The number of hydrogen-bond donors (Lipinski definition) is 1. The number of aromatic nitrogens is 2. The van der Waals surface area contributed by atoms with Gasteiger partial charge in [0.1, 0.15) is 11.5 Å². The molecule has 0 spiro atoms. The minimum atomic E-state index is 0.451. The van der Waals surface area contributed by atoms with Crippen LogP contribution in [0.2, 0.25) is 0 Å². The Morgan fingerprint density at radius 2 is 2.11 bits per heavy atom. The van der Waals surface area contributed by atoms with Crippen molar-refractivity contribution in [1.29, 1.82) is 0 Å². The van der Waals surface area contributed by atoms with Gasteiger partial charge in [-0.1, -0.05) is 0 Å². The van der Waals surface area contributed by atoms with Crippen LogP contribution in [0.3, 0.4) is 0 Å². The molecule has 0 saturated heterocycles. The lowest BCUT2D eigenvalue weighted by Gasteiger charge is -2.10. The average Bonchev–Trinajstić information content (AvgIpc) is 2.87. The Bertz CT molecular complexity index is 523. The SMILES string of the molecule is COc1ccc(Cn2cnc(CN)c2)c(OC)c1. The van der Waals surface area contributed by atoms with Crippen LogP contribution in [0.5, 0.6) is 11.5 Å². The molecule has 2 rings (SSSR count). The van der Waals surface area contributed by atoms with Crippen LogP contribution in [0, 0.1) is 0 Å². The van der Waals surface area contributed by atoms with Gasteiger partial charge >= 0.3 is 0 Å². The van der Waals surface area contributed by atoms with Crippen LogP contribution in [0.1, 0.15) is 11.3 Å². The fourth-order valence-electron chi connectivity index (χ4n) is 1.78. The highest BCUT2D eigenvalue weighted by molar-refractivity contribution is 5.40. The van der Waals surface area contributed by atoms with Crippen LogP contribution >= 0.6 is 0 Å². The minimum Gasteiger partial charge on any atom is -0.497 e. The van der Waals surface area contributed by atoms with Crippen molar-refractivity contribution in [3.63, 3.8) is 0 Å². The number of methoxy groups -OCH3 is 2. The lowest BCUT2D eigenvalue weighted by Crippen LogP contribution is -2.00. The van der Waals surface area contributed by atoms with E-state index in [1.54, 1.807) is 20.5 Å². The normalized spacial score (nSPS) is 10.4. The Balaban J connectivity index is 2.22. The van der Waals surface area contributed by atoms with Crippen molar-refractivity contribution in [3.8, 4) is 11.5 Å². The maximum absolute atomic E-state index is 5.53. The summed E-state index contributed by atoms with van der Waals surface area (Å²) in [5.74, 6) is 1.58. The van der Waals surface area contributed by atoms with Gasteiger partial charge in [-0.2, -0.15) is 0 Å². The molecule has 2 aromatic rings. The molecule has 18 heavy (non-hydrogen) atoms. The lowest BCUT2D eigenvalue weighted by molar-refractivity contribution is 0.390. The van der Waals surface area contributed by atoms with E-state index in [2.05, 4.69) is 4.98 Å². The molecule has 0 aliphatic rings. The minimum absolute atomic E-state index is 0.451. The fraction of sp³-hybridized carbons (Fsp3) is 0.308.